The van der Waals surface area contributed by atoms with E-state index < -0.39 is 0 Å². The van der Waals surface area contributed by atoms with Crippen molar-refractivity contribution in [3.05, 3.63) is 90.9 Å². The molecule has 110 valence electrons. The number of carbonyl (C=O) groups is 1. The third kappa shape index (κ3) is 2.32. The standard InChI is InChI=1S/C20H14N2O/c23-20(18-11-6-7-13-21-18)22-14-17(15-8-2-1-3-9-15)16-10-4-5-12-19(16)22/h1-14H. The molecule has 0 atom stereocenters. The van der Waals surface area contributed by atoms with Crippen molar-refractivity contribution in [3.8, 4) is 11.1 Å². The summed E-state index contributed by atoms with van der Waals surface area (Å²) in [6, 6.07) is 23.4. The minimum atomic E-state index is -0.121. The van der Waals surface area contributed by atoms with Gasteiger partial charge in [-0.05, 0) is 23.8 Å². The number of hydrogen-bond acceptors (Lipinski definition) is 2. The quantitative estimate of drug-likeness (QED) is 0.550. The van der Waals surface area contributed by atoms with E-state index in [1.54, 1.807) is 22.9 Å². The second-order valence-electron chi connectivity index (χ2n) is 5.32. The molecular weight excluding hydrogens is 284 g/mol. The van der Waals surface area contributed by atoms with Gasteiger partial charge in [0.2, 0.25) is 0 Å². The van der Waals surface area contributed by atoms with Crippen LogP contribution in [-0.4, -0.2) is 15.5 Å². The van der Waals surface area contributed by atoms with Crippen molar-refractivity contribution in [1.82, 2.24) is 9.55 Å². The Labute approximate surface area is 133 Å². The lowest BCUT2D eigenvalue weighted by atomic mass is 10.1. The van der Waals surface area contributed by atoms with Gasteiger partial charge in [-0.15, -0.1) is 0 Å². The molecule has 2 aromatic heterocycles. The number of carbonyl (C=O) groups excluding carboxylic acids is 1. The molecule has 3 heteroatoms. The molecule has 0 radical (unpaired) electrons. The summed E-state index contributed by atoms with van der Waals surface area (Å²) < 4.78 is 1.68. The highest BCUT2D eigenvalue weighted by molar-refractivity contribution is 6.06. The molecule has 0 fully saturated rings. The van der Waals surface area contributed by atoms with Gasteiger partial charge in [-0.2, -0.15) is 0 Å². The van der Waals surface area contributed by atoms with Gasteiger partial charge in [0.1, 0.15) is 5.69 Å². The Morgan fingerprint density at radius 2 is 1.57 bits per heavy atom. The molecule has 0 saturated heterocycles. The molecule has 0 aliphatic carbocycles. The number of pyridine rings is 1. The third-order valence-corrected chi connectivity index (χ3v) is 3.90. The van der Waals surface area contributed by atoms with Gasteiger partial charge in [0.05, 0.1) is 5.52 Å². The summed E-state index contributed by atoms with van der Waals surface area (Å²) in [5.74, 6) is -0.121. The van der Waals surface area contributed by atoms with E-state index in [1.165, 1.54) is 0 Å². The molecule has 4 rings (SSSR count). The topological polar surface area (TPSA) is 34.9 Å². The van der Waals surface area contributed by atoms with Crippen LogP contribution < -0.4 is 0 Å². The molecule has 0 N–H and O–H groups in total. The Bertz CT molecular complexity index is 972. The molecule has 0 amide bonds. The van der Waals surface area contributed by atoms with Crippen molar-refractivity contribution in [2.24, 2.45) is 0 Å². The first kappa shape index (κ1) is 13.5. The zero-order valence-corrected chi connectivity index (χ0v) is 12.4. The van der Waals surface area contributed by atoms with Gasteiger partial charge in [0.15, 0.2) is 0 Å². The molecule has 23 heavy (non-hydrogen) atoms. The average molecular weight is 298 g/mol. The summed E-state index contributed by atoms with van der Waals surface area (Å²) in [5, 5.41) is 1.06. The van der Waals surface area contributed by atoms with Crippen LogP contribution in [0.5, 0.6) is 0 Å². The van der Waals surface area contributed by atoms with Crippen LogP contribution in [0.15, 0.2) is 85.2 Å². The summed E-state index contributed by atoms with van der Waals surface area (Å²) >= 11 is 0. The van der Waals surface area contributed by atoms with Gasteiger partial charge >= 0.3 is 0 Å². The lowest BCUT2D eigenvalue weighted by Gasteiger charge is -2.02. The second kappa shape index (κ2) is 5.54. The number of nitrogens with zero attached hydrogens (tertiary/aromatic N) is 2. The fourth-order valence-electron chi connectivity index (χ4n) is 2.81. The molecule has 3 nitrogen and oxygen atoms in total. The van der Waals surface area contributed by atoms with Gasteiger partial charge in [-0.1, -0.05) is 54.6 Å². The van der Waals surface area contributed by atoms with E-state index in [0.29, 0.717) is 5.69 Å². The van der Waals surface area contributed by atoms with Crippen LogP contribution in [-0.2, 0) is 0 Å². The van der Waals surface area contributed by atoms with Crippen LogP contribution in [0.25, 0.3) is 22.0 Å². The van der Waals surface area contributed by atoms with Gasteiger partial charge in [-0.3, -0.25) is 14.3 Å². The first-order valence-electron chi connectivity index (χ1n) is 7.46. The lowest BCUT2D eigenvalue weighted by Crippen LogP contribution is -2.12. The molecule has 0 unspecified atom stereocenters. The number of hydrogen-bond donors (Lipinski definition) is 0. The smallest absolute Gasteiger partial charge is 0.280 e. The highest BCUT2D eigenvalue weighted by Crippen LogP contribution is 2.30. The Morgan fingerprint density at radius 1 is 0.826 bits per heavy atom. The van der Waals surface area contributed by atoms with Crippen molar-refractivity contribution in [1.29, 1.82) is 0 Å². The summed E-state index contributed by atoms with van der Waals surface area (Å²) in [6.45, 7) is 0. The third-order valence-electron chi connectivity index (χ3n) is 3.90. The lowest BCUT2D eigenvalue weighted by molar-refractivity contribution is 0.0960. The van der Waals surface area contributed by atoms with E-state index in [0.717, 1.165) is 22.0 Å². The van der Waals surface area contributed by atoms with Crippen molar-refractivity contribution in [2.45, 2.75) is 0 Å². The Morgan fingerprint density at radius 3 is 2.35 bits per heavy atom. The Kier molecular flexibility index (Phi) is 3.24. The van der Waals surface area contributed by atoms with Crippen LogP contribution in [0.2, 0.25) is 0 Å². The zero-order valence-electron chi connectivity index (χ0n) is 12.4. The average Bonchev–Trinajstić information content (AvgIpc) is 3.02. The van der Waals surface area contributed by atoms with E-state index in [4.69, 9.17) is 0 Å². The predicted octanol–water partition coefficient (Wildman–Crippen LogP) is 4.39. The van der Waals surface area contributed by atoms with E-state index in [2.05, 4.69) is 17.1 Å². The fraction of sp³-hybridized carbons (Fsp3) is 0. The number of aromatic nitrogens is 2. The first-order valence-corrected chi connectivity index (χ1v) is 7.46. The molecule has 0 aliphatic heterocycles. The normalized spacial score (nSPS) is 10.8. The van der Waals surface area contributed by atoms with Gasteiger partial charge in [0.25, 0.3) is 5.91 Å². The molecule has 4 aromatic rings. The van der Waals surface area contributed by atoms with Gasteiger partial charge < -0.3 is 0 Å². The van der Waals surface area contributed by atoms with Crippen molar-refractivity contribution < 1.29 is 4.79 Å². The first-order chi connectivity index (χ1) is 11.3. The monoisotopic (exact) mass is 298 g/mol. The molecule has 0 saturated carbocycles. The molecule has 2 heterocycles. The van der Waals surface area contributed by atoms with E-state index in [9.17, 15) is 4.79 Å². The summed E-state index contributed by atoms with van der Waals surface area (Å²) in [7, 11) is 0. The highest BCUT2D eigenvalue weighted by Gasteiger charge is 2.16. The number of para-hydroxylation sites is 1. The molecule has 0 spiro atoms. The highest BCUT2D eigenvalue weighted by atomic mass is 16.2. The van der Waals surface area contributed by atoms with E-state index in [1.807, 2.05) is 54.7 Å². The fourth-order valence-corrected chi connectivity index (χ4v) is 2.81. The van der Waals surface area contributed by atoms with Crippen molar-refractivity contribution >= 4 is 16.8 Å². The van der Waals surface area contributed by atoms with Crippen LogP contribution in [0.3, 0.4) is 0 Å². The maximum Gasteiger partial charge on any atom is 0.280 e. The minimum absolute atomic E-state index is 0.121. The summed E-state index contributed by atoms with van der Waals surface area (Å²) in [5.41, 5.74) is 3.47. The Balaban J connectivity index is 1.94. The van der Waals surface area contributed by atoms with E-state index >= 15 is 0 Å². The van der Waals surface area contributed by atoms with Crippen molar-refractivity contribution in [3.63, 3.8) is 0 Å². The second-order valence-corrected chi connectivity index (χ2v) is 5.32. The van der Waals surface area contributed by atoms with Crippen molar-refractivity contribution in [2.75, 3.05) is 0 Å². The largest absolute Gasteiger partial charge is 0.281 e. The summed E-state index contributed by atoms with van der Waals surface area (Å²) in [6.07, 6.45) is 3.54. The van der Waals surface area contributed by atoms with Crippen LogP contribution in [0.1, 0.15) is 10.5 Å². The van der Waals surface area contributed by atoms with Crippen LogP contribution in [0.4, 0.5) is 0 Å². The van der Waals surface area contributed by atoms with E-state index in [-0.39, 0.29) is 5.91 Å². The van der Waals surface area contributed by atoms with Gasteiger partial charge in [0, 0.05) is 23.3 Å². The number of benzene rings is 2. The SMILES string of the molecule is O=C(c1ccccn1)n1cc(-c2ccccc2)c2ccccc21. The maximum atomic E-state index is 12.8. The number of rotatable bonds is 2. The van der Waals surface area contributed by atoms with Crippen LogP contribution in [0, 0.1) is 0 Å². The predicted molar refractivity (Wildman–Crippen MR) is 91.3 cm³/mol. The van der Waals surface area contributed by atoms with Crippen LogP contribution >= 0.6 is 0 Å². The Hall–Kier alpha value is -3.20. The maximum absolute atomic E-state index is 12.8. The minimum Gasteiger partial charge on any atom is -0.281 e. The molecule has 0 aliphatic rings. The molecular formula is C20H14N2O. The molecule has 0 bridgehead atoms. The summed E-state index contributed by atoms with van der Waals surface area (Å²) in [4.78, 5) is 17.0. The van der Waals surface area contributed by atoms with Gasteiger partial charge in [-0.25, -0.2) is 0 Å². The molecule has 2 aromatic carbocycles. The number of fused-ring (bicyclic) bond motifs is 1. The zero-order chi connectivity index (χ0) is 15.6.